The van der Waals surface area contributed by atoms with Crippen LogP contribution in [0.5, 0.6) is 0 Å². The van der Waals surface area contributed by atoms with Crippen molar-refractivity contribution in [3.05, 3.63) is 29.0 Å². The maximum Gasteiger partial charge on any atom is 0.379 e. The molecule has 0 amide bonds. The van der Waals surface area contributed by atoms with E-state index in [0.717, 1.165) is 18.3 Å². The lowest BCUT2D eigenvalue weighted by Gasteiger charge is -2.09. The zero-order valence-corrected chi connectivity index (χ0v) is 6.92. The molecule has 0 saturated heterocycles. The Balaban J connectivity index is 3.08. The van der Waals surface area contributed by atoms with Gasteiger partial charge in [0.05, 0.1) is 5.56 Å². The van der Waals surface area contributed by atoms with Gasteiger partial charge in [0.25, 0.3) is 0 Å². The maximum atomic E-state index is 12.7. The molecule has 70 valence electrons. The minimum Gasteiger partial charge on any atom is -0.477 e. The van der Waals surface area contributed by atoms with E-state index in [2.05, 4.69) is 4.98 Å². The molecule has 1 heterocycles. The van der Waals surface area contributed by atoms with Gasteiger partial charge in [0, 0.05) is 6.20 Å². The molecule has 1 N–H and O–H groups in total. The minimum absolute atomic E-state index is 0.0324. The van der Waals surface area contributed by atoms with E-state index >= 15 is 0 Å². The molecular formula is C7H4ClF2NO2. The molecule has 1 rings (SSSR count). The molecule has 0 fully saturated rings. The minimum atomic E-state index is -3.92. The Morgan fingerprint density at radius 1 is 1.54 bits per heavy atom. The van der Waals surface area contributed by atoms with Crippen LogP contribution in [0.4, 0.5) is 8.78 Å². The topological polar surface area (TPSA) is 50.2 Å². The molecule has 13 heavy (non-hydrogen) atoms. The Morgan fingerprint density at radius 2 is 2.15 bits per heavy atom. The van der Waals surface area contributed by atoms with Crippen molar-refractivity contribution in [3.63, 3.8) is 0 Å². The lowest BCUT2D eigenvalue weighted by atomic mass is 10.1. The third-order valence-corrected chi connectivity index (χ3v) is 1.58. The van der Waals surface area contributed by atoms with Crippen molar-refractivity contribution in [2.75, 3.05) is 0 Å². The highest BCUT2D eigenvalue weighted by Gasteiger charge is 2.41. The van der Waals surface area contributed by atoms with E-state index in [4.69, 9.17) is 16.7 Å². The van der Waals surface area contributed by atoms with Gasteiger partial charge in [-0.1, -0.05) is 11.6 Å². The Hall–Kier alpha value is -1.23. The predicted octanol–water partition coefficient (Wildman–Crippen LogP) is 1.91. The molecule has 0 saturated carbocycles. The molecule has 0 aliphatic carbocycles. The summed E-state index contributed by atoms with van der Waals surface area (Å²) < 4.78 is 25.5. The summed E-state index contributed by atoms with van der Waals surface area (Å²) in [5.41, 5.74) is -0.690. The number of alkyl halides is 2. The number of aliphatic carboxylic acids is 1. The first kappa shape index (κ1) is 9.85. The van der Waals surface area contributed by atoms with Crippen molar-refractivity contribution < 1.29 is 18.7 Å². The zero-order chi connectivity index (χ0) is 10.1. The van der Waals surface area contributed by atoms with Crippen molar-refractivity contribution in [2.24, 2.45) is 0 Å². The van der Waals surface area contributed by atoms with Crippen LogP contribution in [0.15, 0.2) is 18.3 Å². The van der Waals surface area contributed by atoms with Gasteiger partial charge in [-0.15, -0.1) is 0 Å². The molecule has 0 aliphatic rings. The molecule has 0 radical (unpaired) electrons. The van der Waals surface area contributed by atoms with E-state index in [1.54, 1.807) is 0 Å². The first-order valence-corrected chi connectivity index (χ1v) is 3.55. The predicted molar refractivity (Wildman–Crippen MR) is 40.8 cm³/mol. The van der Waals surface area contributed by atoms with Gasteiger partial charge in [-0.25, -0.2) is 9.78 Å². The molecular weight excluding hydrogens is 204 g/mol. The van der Waals surface area contributed by atoms with Gasteiger partial charge in [-0.05, 0) is 12.1 Å². The number of hydrogen-bond acceptors (Lipinski definition) is 2. The molecule has 0 spiro atoms. The summed E-state index contributed by atoms with van der Waals surface area (Å²) in [5, 5.41) is 8.19. The second-order valence-corrected chi connectivity index (χ2v) is 2.64. The van der Waals surface area contributed by atoms with Crippen molar-refractivity contribution in [3.8, 4) is 0 Å². The largest absolute Gasteiger partial charge is 0.477 e. The first-order chi connectivity index (χ1) is 5.94. The first-order valence-electron chi connectivity index (χ1n) is 3.18. The van der Waals surface area contributed by atoms with Crippen molar-refractivity contribution in [1.82, 2.24) is 4.98 Å². The third-order valence-electron chi connectivity index (χ3n) is 1.36. The summed E-state index contributed by atoms with van der Waals surface area (Å²) in [4.78, 5) is 13.4. The van der Waals surface area contributed by atoms with Crippen LogP contribution in [0.3, 0.4) is 0 Å². The summed E-state index contributed by atoms with van der Waals surface area (Å²) in [7, 11) is 0. The Bertz CT molecular complexity index is 326. The summed E-state index contributed by atoms with van der Waals surface area (Å²) >= 11 is 5.34. The zero-order valence-electron chi connectivity index (χ0n) is 6.17. The van der Waals surface area contributed by atoms with E-state index < -0.39 is 17.5 Å². The molecule has 0 aliphatic heterocycles. The monoisotopic (exact) mass is 207 g/mol. The van der Waals surface area contributed by atoms with Gasteiger partial charge >= 0.3 is 11.9 Å². The van der Waals surface area contributed by atoms with E-state index in [9.17, 15) is 13.6 Å². The Labute approximate surface area is 77.0 Å². The quantitative estimate of drug-likeness (QED) is 0.754. The summed E-state index contributed by atoms with van der Waals surface area (Å²) in [5.74, 6) is -6.13. The molecule has 1 aromatic heterocycles. The fourth-order valence-corrected chi connectivity index (χ4v) is 0.797. The van der Waals surface area contributed by atoms with Crippen molar-refractivity contribution in [1.29, 1.82) is 0 Å². The van der Waals surface area contributed by atoms with Gasteiger partial charge in [0.1, 0.15) is 5.15 Å². The van der Waals surface area contributed by atoms with E-state index in [-0.39, 0.29) is 5.15 Å². The SMILES string of the molecule is O=C(O)C(F)(F)c1ccc(Cl)nc1. The molecule has 0 bridgehead atoms. The number of rotatable bonds is 2. The second kappa shape index (κ2) is 3.26. The summed E-state index contributed by atoms with van der Waals surface area (Å²) in [6.45, 7) is 0. The molecule has 1 aromatic rings. The number of carboxylic acid groups (broad SMARTS) is 1. The van der Waals surface area contributed by atoms with E-state index in [0.29, 0.717) is 0 Å². The number of halogens is 3. The fraction of sp³-hybridized carbons (Fsp3) is 0.143. The molecule has 0 aromatic carbocycles. The number of aromatic nitrogens is 1. The van der Waals surface area contributed by atoms with Gasteiger partial charge in [0.2, 0.25) is 0 Å². The lowest BCUT2D eigenvalue weighted by molar-refractivity contribution is -0.166. The van der Waals surface area contributed by atoms with E-state index in [1.165, 1.54) is 0 Å². The number of carboxylic acids is 1. The Morgan fingerprint density at radius 3 is 2.54 bits per heavy atom. The van der Waals surface area contributed by atoms with Gasteiger partial charge < -0.3 is 5.11 Å². The van der Waals surface area contributed by atoms with Crippen molar-refractivity contribution >= 4 is 17.6 Å². The third kappa shape index (κ3) is 1.92. The Kier molecular flexibility index (Phi) is 2.47. The second-order valence-electron chi connectivity index (χ2n) is 2.25. The summed E-state index contributed by atoms with van der Waals surface area (Å²) in [6.07, 6.45) is 0.733. The highest BCUT2D eigenvalue weighted by atomic mass is 35.5. The average Bonchev–Trinajstić information content (AvgIpc) is 2.04. The molecule has 6 heteroatoms. The van der Waals surface area contributed by atoms with Gasteiger partial charge in [0.15, 0.2) is 0 Å². The number of pyridine rings is 1. The molecule has 0 unspecified atom stereocenters. The smallest absolute Gasteiger partial charge is 0.379 e. The van der Waals surface area contributed by atoms with Crippen LogP contribution < -0.4 is 0 Å². The standard InChI is InChI=1S/C7H4ClF2NO2/c8-5-2-1-4(3-11-5)7(9,10)6(12)13/h1-3H,(H,12,13). The fourth-order valence-electron chi connectivity index (χ4n) is 0.685. The molecule has 0 atom stereocenters. The lowest BCUT2D eigenvalue weighted by Crippen LogP contribution is -2.25. The summed E-state index contributed by atoms with van der Waals surface area (Å²) in [6, 6.07) is 2.02. The van der Waals surface area contributed by atoms with Gasteiger partial charge in [-0.2, -0.15) is 8.78 Å². The number of hydrogen-bond donors (Lipinski definition) is 1. The normalized spacial score (nSPS) is 11.3. The maximum absolute atomic E-state index is 12.7. The highest BCUT2D eigenvalue weighted by molar-refractivity contribution is 6.29. The average molecular weight is 208 g/mol. The van der Waals surface area contributed by atoms with Crippen LogP contribution in [0, 0.1) is 0 Å². The number of nitrogens with zero attached hydrogens (tertiary/aromatic N) is 1. The highest BCUT2D eigenvalue weighted by Crippen LogP contribution is 2.27. The van der Waals surface area contributed by atoms with Crippen LogP contribution in [-0.4, -0.2) is 16.1 Å². The van der Waals surface area contributed by atoms with Gasteiger partial charge in [-0.3, -0.25) is 0 Å². The van der Waals surface area contributed by atoms with Crippen LogP contribution in [-0.2, 0) is 10.7 Å². The van der Waals surface area contributed by atoms with Crippen LogP contribution in [0.1, 0.15) is 5.56 Å². The number of carbonyl (C=O) groups is 1. The van der Waals surface area contributed by atoms with Crippen LogP contribution in [0.2, 0.25) is 5.15 Å². The van der Waals surface area contributed by atoms with E-state index in [1.807, 2.05) is 0 Å². The molecule has 3 nitrogen and oxygen atoms in total. The van der Waals surface area contributed by atoms with Crippen molar-refractivity contribution in [2.45, 2.75) is 5.92 Å². The van der Waals surface area contributed by atoms with Crippen LogP contribution in [0.25, 0.3) is 0 Å². The van der Waals surface area contributed by atoms with Crippen LogP contribution >= 0.6 is 11.6 Å².